The van der Waals surface area contributed by atoms with Crippen LogP contribution in [0.1, 0.15) is 37.7 Å². The first-order valence-electron chi connectivity index (χ1n) is 5.59. The molecule has 1 heterocycles. The second-order valence-electron chi connectivity index (χ2n) is 4.81. The molecular formula is C12H19N3O2. The van der Waals surface area contributed by atoms with Gasteiger partial charge >= 0.3 is 5.97 Å². The molecule has 0 saturated heterocycles. The molecule has 1 aromatic rings. The fraction of sp³-hybridized carbons (Fsp3) is 0.500. The number of carbonyl (C=O) groups is 1. The van der Waals surface area contributed by atoms with Gasteiger partial charge in [0, 0.05) is 6.54 Å². The van der Waals surface area contributed by atoms with Gasteiger partial charge in [0.15, 0.2) is 5.69 Å². The van der Waals surface area contributed by atoms with Gasteiger partial charge in [-0.05, 0) is 24.0 Å². The van der Waals surface area contributed by atoms with Gasteiger partial charge in [0.05, 0.1) is 5.69 Å². The van der Waals surface area contributed by atoms with Crippen molar-refractivity contribution in [3.05, 3.63) is 17.8 Å². The van der Waals surface area contributed by atoms with E-state index in [1.165, 1.54) is 6.07 Å². The molecule has 5 nitrogen and oxygen atoms in total. The van der Waals surface area contributed by atoms with Crippen molar-refractivity contribution >= 4 is 17.5 Å². The van der Waals surface area contributed by atoms with Crippen LogP contribution in [0.5, 0.6) is 0 Å². The molecule has 0 aliphatic heterocycles. The maximum Gasteiger partial charge on any atom is 0.354 e. The first-order valence-corrected chi connectivity index (χ1v) is 5.59. The summed E-state index contributed by atoms with van der Waals surface area (Å²) >= 11 is 0. The van der Waals surface area contributed by atoms with Gasteiger partial charge in [-0.25, -0.2) is 9.78 Å². The number of carboxylic acids is 1. The topological polar surface area (TPSA) is 88.2 Å². The monoisotopic (exact) mass is 237 g/mol. The van der Waals surface area contributed by atoms with Crippen molar-refractivity contribution in [2.24, 2.45) is 5.41 Å². The van der Waals surface area contributed by atoms with E-state index in [1.807, 2.05) is 0 Å². The number of nitrogen functional groups attached to an aromatic ring is 1. The fourth-order valence-corrected chi connectivity index (χ4v) is 1.18. The highest BCUT2D eigenvalue weighted by molar-refractivity contribution is 5.86. The van der Waals surface area contributed by atoms with Gasteiger partial charge in [0.1, 0.15) is 5.82 Å². The predicted octanol–water partition coefficient (Wildman–Crippen LogP) is 2.21. The Balaban J connectivity index is 2.83. The van der Waals surface area contributed by atoms with E-state index < -0.39 is 5.97 Å². The number of rotatable bonds is 5. The summed E-state index contributed by atoms with van der Waals surface area (Å²) in [5.41, 5.74) is 6.32. The molecule has 0 saturated carbocycles. The van der Waals surface area contributed by atoms with E-state index in [4.69, 9.17) is 10.8 Å². The van der Waals surface area contributed by atoms with Crippen molar-refractivity contribution < 1.29 is 9.90 Å². The van der Waals surface area contributed by atoms with Crippen molar-refractivity contribution in [2.75, 3.05) is 17.6 Å². The molecule has 4 N–H and O–H groups in total. The Bertz CT molecular complexity index is 416. The summed E-state index contributed by atoms with van der Waals surface area (Å²) in [4.78, 5) is 14.8. The number of aromatic nitrogens is 1. The van der Waals surface area contributed by atoms with Gasteiger partial charge in [-0.15, -0.1) is 0 Å². The molecule has 0 atom stereocenters. The number of nitrogens with zero attached hydrogens (tertiary/aromatic N) is 1. The summed E-state index contributed by atoms with van der Waals surface area (Å²) < 4.78 is 0. The minimum absolute atomic E-state index is 0.00370. The number of aromatic carboxylic acids is 1. The first kappa shape index (κ1) is 13.3. The third kappa shape index (κ3) is 3.62. The Morgan fingerprint density at radius 1 is 1.53 bits per heavy atom. The third-order valence-corrected chi connectivity index (χ3v) is 2.84. The lowest BCUT2D eigenvalue weighted by atomic mass is 9.90. The molecule has 0 unspecified atom stereocenters. The number of carboxylic acid groups (broad SMARTS) is 1. The Morgan fingerprint density at radius 2 is 2.18 bits per heavy atom. The van der Waals surface area contributed by atoms with Gasteiger partial charge in [-0.1, -0.05) is 20.8 Å². The van der Waals surface area contributed by atoms with Crippen LogP contribution in [0, 0.1) is 5.41 Å². The second kappa shape index (κ2) is 5.03. The van der Waals surface area contributed by atoms with E-state index in [0.717, 1.165) is 6.42 Å². The van der Waals surface area contributed by atoms with Crippen molar-refractivity contribution in [2.45, 2.75) is 27.2 Å². The van der Waals surface area contributed by atoms with Crippen molar-refractivity contribution in [3.8, 4) is 0 Å². The summed E-state index contributed by atoms with van der Waals surface area (Å²) in [6, 6.07) is 2.95. The normalized spacial score (nSPS) is 11.2. The smallest absolute Gasteiger partial charge is 0.354 e. The third-order valence-electron chi connectivity index (χ3n) is 2.84. The van der Waals surface area contributed by atoms with Gasteiger partial charge < -0.3 is 16.2 Å². The SMILES string of the molecule is CCC(C)(C)CNc1nc(C(=O)O)ccc1N. The molecular weight excluding hydrogens is 218 g/mol. The molecule has 94 valence electrons. The lowest BCUT2D eigenvalue weighted by molar-refractivity contribution is 0.0690. The lowest BCUT2D eigenvalue weighted by Crippen LogP contribution is -2.23. The van der Waals surface area contributed by atoms with Gasteiger partial charge in [-0.3, -0.25) is 0 Å². The molecule has 1 rings (SSSR count). The molecule has 0 radical (unpaired) electrons. The van der Waals surface area contributed by atoms with Crippen LogP contribution >= 0.6 is 0 Å². The van der Waals surface area contributed by atoms with Gasteiger partial charge in [0.2, 0.25) is 0 Å². The molecule has 1 aromatic heterocycles. The molecule has 0 aliphatic rings. The van der Waals surface area contributed by atoms with E-state index >= 15 is 0 Å². The molecule has 5 heteroatoms. The van der Waals surface area contributed by atoms with E-state index in [0.29, 0.717) is 18.1 Å². The summed E-state index contributed by atoms with van der Waals surface area (Å²) in [5, 5.41) is 11.9. The van der Waals surface area contributed by atoms with Gasteiger partial charge in [0.25, 0.3) is 0 Å². The van der Waals surface area contributed by atoms with Crippen LogP contribution in [0.3, 0.4) is 0 Å². The highest BCUT2D eigenvalue weighted by atomic mass is 16.4. The maximum atomic E-state index is 10.8. The average molecular weight is 237 g/mol. The standard InChI is InChI=1S/C12H19N3O2/c1-4-12(2,3)7-14-10-8(13)5-6-9(15-10)11(16)17/h5-6H,4,7,13H2,1-3H3,(H,14,15)(H,16,17). The number of pyridine rings is 1. The molecule has 0 bridgehead atoms. The van der Waals surface area contributed by atoms with Crippen LogP contribution in [0.15, 0.2) is 12.1 Å². The Kier molecular flexibility index (Phi) is 3.93. The molecule has 0 fully saturated rings. The minimum atomic E-state index is -1.05. The Labute approximate surface area is 101 Å². The van der Waals surface area contributed by atoms with Crippen molar-refractivity contribution in [1.82, 2.24) is 4.98 Å². The zero-order valence-corrected chi connectivity index (χ0v) is 10.4. The molecule has 0 spiro atoms. The van der Waals surface area contributed by atoms with E-state index in [1.54, 1.807) is 6.07 Å². The quantitative estimate of drug-likeness (QED) is 0.730. The number of hydrogen-bond acceptors (Lipinski definition) is 4. The van der Waals surface area contributed by atoms with Crippen LogP contribution in [-0.4, -0.2) is 22.6 Å². The van der Waals surface area contributed by atoms with E-state index in [2.05, 4.69) is 31.1 Å². The van der Waals surface area contributed by atoms with Gasteiger partial charge in [-0.2, -0.15) is 0 Å². The van der Waals surface area contributed by atoms with Crippen LogP contribution < -0.4 is 11.1 Å². The highest BCUT2D eigenvalue weighted by Crippen LogP contribution is 2.22. The zero-order valence-electron chi connectivity index (χ0n) is 10.4. The Morgan fingerprint density at radius 3 is 2.71 bits per heavy atom. The predicted molar refractivity (Wildman–Crippen MR) is 68.2 cm³/mol. The van der Waals surface area contributed by atoms with Crippen LogP contribution in [0.2, 0.25) is 0 Å². The van der Waals surface area contributed by atoms with Crippen LogP contribution in [-0.2, 0) is 0 Å². The summed E-state index contributed by atoms with van der Waals surface area (Å²) in [6.45, 7) is 7.05. The largest absolute Gasteiger partial charge is 0.477 e. The second-order valence-corrected chi connectivity index (χ2v) is 4.81. The van der Waals surface area contributed by atoms with Crippen molar-refractivity contribution in [3.63, 3.8) is 0 Å². The van der Waals surface area contributed by atoms with E-state index in [-0.39, 0.29) is 11.1 Å². The molecule has 0 aliphatic carbocycles. The first-order chi connectivity index (χ1) is 7.85. The van der Waals surface area contributed by atoms with Crippen molar-refractivity contribution in [1.29, 1.82) is 0 Å². The summed E-state index contributed by atoms with van der Waals surface area (Å²) in [5.74, 6) is -0.616. The number of nitrogens with one attached hydrogen (secondary N) is 1. The average Bonchev–Trinajstić information content (AvgIpc) is 2.27. The molecule has 0 aromatic carbocycles. The highest BCUT2D eigenvalue weighted by Gasteiger charge is 2.16. The number of anilines is 2. The summed E-state index contributed by atoms with van der Waals surface area (Å²) in [7, 11) is 0. The minimum Gasteiger partial charge on any atom is -0.477 e. The van der Waals surface area contributed by atoms with Crippen LogP contribution in [0.4, 0.5) is 11.5 Å². The lowest BCUT2D eigenvalue weighted by Gasteiger charge is -2.23. The molecule has 17 heavy (non-hydrogen) atoms. The zero-order chi connectivity index (χ0) is 13.1. The Hall–Kier alpha value is -1.78. The fourth-order valence-electron chi connectivity index (χ4n) is 1.18. The van der Waals surface area contributed by atoms with Crippen LogP contribution in [0.25, 0.3) is 0 Å². The number of nitrogens with two attached hydrogens (primary N) is 1. The van der Waals surface area contributed by atoms with E-state index in [9.17, 15) is 4.79 Å². The number of hydrogen-bond donors (Lipinski definition) is 3. The summed E-state index contributed by atoms with van der Waals surface area (Å²) in [6.07, 6.45) is 1.01. The maximum absolute atomic E-state index is 10.8. The molecule has 0 amide bonds.